The highest BCUT2D eigenvalue weighted by Crippen LogP contribution is 1.91. The van der Waals surface area contributed by atoms with Crippen molar-refractivity contribution in [1.29, 1.82) is 0 Å². The average Bonchev–Trinajstić information content (AvgIpc) is 1.68. The van der Waals surface area contributed by atoms with Crippen LogP contribution in [0.25, 0.3) is 0 Å². The van der Waals surface area contributed by atoms with Gasteiger partial charge >= 0.3 is 0 Å². The Balaban J connectivity index is 2.92. The molecule has 14 radical (unpaired) electrons. The van der Waals surface area contributed by atoms with Gasteiger partial charge in [-0.2, -0.15) is 0 Å². The summed E-state index contributed by atoms with van der Waals surface area (Å²) in [5, 5.41) is 0. The van der Waals surface area contributed by atoms with Crippen LogP contribution in [0.5, 0.6) is 0 Å². The molecule has 0 aromatic heterocycles. The molecule has 0 fully saturated rings. The lowest BCUT2D eigenvalue weighted by atomic mass is 11.8. The van der Waals surface area contributed by atoms with E-state index in [9.17, 15) is 0 Å². The maximum absolute atomic E-state index is 3.48. The molecule has 0 amide bonds. The fourth-order valence-electron chi connectivity index (χ4n) is 0.192. The van der Waals surface area contributed by atoms with Crippen molar-refractivity contribution < 1.29 is 0 Å². The normalized spacial score (nSPS) is 10.5. The Kier molecular flexibility index (Phi) is 8.33. The highest BCUT2D eigenvalue weighted by atomic mass is 31.0. The van der Waals surface area contributed by atoms with Crippen molar-refractivity contribution in [1.82, 2.24) is 0 Å². The molecule has 0 aromatic rings. The Morgan fingerprint density at radius 2 is 1.50 bits per heavy atom. The summed E-state index contributed by atoms with van der Waals surface area (Å²) in [7, 11) is 13.9. The molecule has 0 heterocycles. The van der Waals surface area contributed by atoms with E-state index in [-0.39, 0.29) is 0 Å². The monoisotopic (exact) mass is 214 g/mol. The fourth-order valence-corrected chi connectivity index (χ4v) is 15.5. The maximum Gasteiger partial charge on any atom is 0.0226 e. The first-order chi connectivity index (χ1) is 3.81. The summed E-state index contributed by atoms with van der Waals surface area (Å²) < 4.78 is 0. The van der Waals surface area contributed by atoms with Crippen LogP contribution in [0.15, 0.2) is 0 Å². The van der Waals surface area contributed by atoms with Gasteiger partial charge in [0.2, 0.25) is 0 Å². The van der Waals surface area contributed by atoms with Gasteiger partial charge in [0, 0.05) is 54.7 Å². The molecule has 7 heteroatoms. The summed E-state index contributed by atoms with van der Waals surface area (Å²) in [4.78, 5) is 0.863. The minimum atomic E-state index is 0.863. The van der Waals surface area contributed by atoms with Crippen molar-refractivity contribution in [2.75, 3.05) is 0 Å². The second kappa shape index (κ2) is 6.85. The Hall–Kier alpha value is 1.73. The molecule has 1 unspecified atom stereocenters. The van der Waals surface area contributed by atoms with E-state index in [1.807, 2.05) is 0 Å². The molecule has 0 aliphatic rings. The highest BCUT2D eigenvalue weighted by molar-refractivity contribution is 7.43. The minimum absolute atomic E-state index is 0.863. The second-order valence-corrected chi connectivity index (χ2v) is 13.6. The standard InChI is InChI=1S/CH3PSi6/c2-1(5-7-3)6-8-4/h1H,2H2. The Bertz CT molecular complexity index is 41.8. The summed E-state index contributed by atoms with van der Waals surface area (Å²) in [5.41, 5.74) is 0. The SMILES string of the molecule is [Si][Si][Si]C(P)[Si][Si][Si]. The molecular weight excluding hydrogens is 212 g/mol. The van der Waals surface area contributed by atoms with Crippen LogP contribution in [0.4, 0.5) is 0 Å². The van der Waals surface area contributed by atoms with Gasteiger partial charge in [-0.1, -0.05) is 0 Å². The molecule has 0 saturated carbocycles. The van der Waals surface area contributed by atoms with E-state index in [0.717, 1.165) is 40.1 Å². The molecule has 0 N–H and O–H groups in total. The first kappa shape index (κ1) is 9.73. The van der Waals surface area contributed by atoms with Gasteiger partial charge in [0.25, 0.3) is 0 Å². The fraction of sp³-hybridized carbons (Fsp3) is 1.00. The van der Waals surface area contributed by atoms with Gasteiger partial charge in [0.05, 0.1) is 0 Å². The van der Waals surface area contributed by atoms with E-state index >= 15 is 0 Å². The second-order valence-electron chi connectivity index (χ2n) is 1.02. The summed E-state index contributed by atoms with van der Waals surface area (Å²) in [6.07, 6.45) is 0. The molecule has 0 saturated heterocycles. The Morgan fingerprint density at radius 3 is 1.75 bits per heavy atom. The third kappa shape index (κ3) is 5.86. The third-order valence-electron chi connectivity index (χ3n) is 0.455. The van der Waals surface area contributed by atoms with Crippen molar-refractivity contribution in [3.63, 3.8) is 0 Å². The largest absolute Gasteiger partial charge is 0.141 e. The lowest BCUT2D eigenvalue weighted by Gasteiger charge is -2.02. The average molecular weight is 215 g/mol. The molecule has 0 bridgehead atoms. The van der Waals surface area contributed by atoms with Crippen molar-refractivity contribution in [3.8, 4) is 0 Å². The van der Waals surface area contributed by atoms with Gasteiger partial charge < -0.3 is 0 Å². The zero-order valence-electron chi connectivity index (χ0n) is 4.15. The van der Waals surface area contributed by atoms with Gasteiger partial charge in [0.1, 0.15) is 0 Å². The number of hydrogen-bond donors (Lipinski definition) is 0. The summed E-state index contributed by atoms with van der Waals surface area (Å²) in [6, 6.07) is 0. The van der Waals surface area contributed by atoms with Crippen LogP contribution in [0, 0.1) is 0 Å². The van der Waals surface area contributed by atoms with Gasteiger partial charge in [-0.3, -0.25) is 0 Å². The van der Waals surface area contributed by atoms with Gasteiger partial charge in [-0.25, -0.2) is 0 Å². The smallest absolute Gasteiger partial charge is 0.0226 e. The molecule has 0 spiro atoms. The summed E-state index contributed by atoms with van der Waals surface area (Å²) >= 11 is 0. The minimum Gasteiger partial charge on any atom is -0.141 e. The topological polar surface area (TPSA) is 0 Å². The van der Waals surface area contributed by atoms with Crippen LogP contribution in [0.1, 0.15) is 0 Å². The van der Waals surface area contributed by atoms with Crippen LogP contribution in [0.2, 0.25) is 0 Å². The van der Waals surface area contributed by atoms with E-state index in [1.165, 1.54) is 0 Å². The van der Waals surface area contributed by atoms with Crippen molar-refractivity contribution in [2.24, 2.45) is 0 Å². The summed E-state index contributed by atoms with van der Waals surface area (Å²) in [5.74, 6) is 0. The molecule has 0 aromatic carbocycles. The lowest BCUT2D eigenvalue weighted by molar-refractivity contribution is 1.96. The van der Waals surface area contributed by atoms with E-state index < -0.39 is 0 Å². The van der Waals surface area contributed by atoms with Crippen LogP contribution in [-0.4, -0.2) is 59.6 Å². The molecule has 0 rings (SSSR count). The van der Waals surface area contributed by atoms with Crippen LogP contribution in [-0.2, 0) is 0 Å². The molecule has 0 aliphatic heterocycles. The van der Waals surface area contributed by atoms with Crippen molar-refractivity contribution in [2.45, 2.75) is 4.91 Å². The van der Waals surface area contributed by atoms with Crippen LogP contribution >= 0.6 is 9.24 Å². The van der Waals surface area contributed by atoms with Gasteiger partial charge in [0.15, 0.2) is 0 Å². The zero-order valence-corrected chi connectivity index (χ0v) is 11.3. The van der Waals surface area contributed by atoms with Gasteiger partial charge in [-0.15, -0.1) is 9.24 Å². The molecule has 36 valence electrons. The maximum atomic E-state index is 3.48. The van der Waals surface area contributed by atoms with Gasteiger partial charge in [-0.05, 0) is 4.91 Å². The van der Waals surface area contributed by atoms with E-state index in [4.69, 9.17) is 0 Å². The van der Waals surface area contributed by atoms with Crippen LogP contribution < -0.4 is 0 Å². The van der Waals surface area contributed by atoms with E-state index in [0.29, 0.717) is 0 Å². The molecule has 8 heavy (non-hydrogen) atoms. The predicted molar refractivity (Wildman–Crippen MR) is 48.0 cm³/mol. The lowest BCUT2D eigenvalue weighted by Crippen LogP contribution is -2.27. The van der Waals surface area contributed by atoms with Crippen molar-refractivity contribution in [3.05, 3.63) is 0 Å². The predicted octanol–water partition coefficient (Wildman–Crippen LogP) is -2.04. The quantitative estimate of drug-likeness (QED) is 0.374. The third-order valence-corrected chi connectivity index (χ3v) is 12.3. The van der Waals surface area contributed by atoms with Crippen molar-refractivity contribution >= 4 is 63.9 Å². The first-order valence-corrected chi connectivity index (χ1v) is 11.7. The Morgan fingerprint density at radius 1 is 1.12 bits per heavy atom. The Labute approximate surface area is 68.9 Å². The molecular formula is CH3PSi6. The van der Waals surface area contributed by atoms with Crippen LogP contribution in [0.3, 0.4) is 0 Å². The zero-order chi connectivity index (χ0) is 6.41. The number of hydrogen-bond acceptors (Lipinski definition) is 0. The summed E-state index contributed by atoms with van der Waals surface area (Å²) in [6.45, 7) is 0. The molecule has 0 aliphatic carbocycles. The first-order valence-electron chi connectivity index (χ1n) is 1.91. The van der Waals surface area contributed by atoms with E-state index in [2.05, 4.69) is 28.8 Å². The molecule has 0 nitrogen and oxygen atoms in total. The number of rotatable bonds is 4. The highest BCUT2D eigenvalue weighted by Gasteiger charge is 1.99. The molecule has 1 atom stereocenters. The van der Waals surface area contributed by atoms with E-state index in [1.54, 1.807) is 0 Å².